The van der Waals surface area contributed by atoms with E-state index in [1.807, 2.05) is 19.1 Å². The molecule has 0 bridgehead atoms. The van der Waals surface area contributed by atoms with Crippen molar-refractivity contribution >= 4 is 5.91 Å². The third-order valence-corrected chi connectivity index (χ3v) is 2.77. The lowest BCUT2D eigenvalue weighted by molar-refractivity contribution is -0.121. The molecule has 0 fully saturated rings. The summed E-state index contributed by atoms with van der Waals surface area (Å²) < 4.78 is 5.67. The second-order valence-electron chi connectivity index (χ2n) is 4.07. The Morgan fingerprint density at radius 1 is 1.35 bits per heavy atom. The van der Waals surface area contributed by atoms with Crippen molar-refractivity contribution in [3.8, 4) is 5.75 Å². The number of carbonyl (C=O) groups excluding carboxylic acids is 1. The lowest BCUT2D eigenvalue weighted by Gasteiger charge is -2.10. The number of rotatable bonds is 6. The Morgan fingerprint density at radius 3 is 2.82 bits per heavy atom. The molecular weight excluding hydrogens is 216 g/mol. The van der Waals surface area contributed by atoms with Crippen LogP contribution in [0.3, 0.4) is 0 Å². The first-order valence-electron chi connectivity index (χ1n) is 5.83. The Labute approximate surface area is 102 Å². The van der Waals surface area contributed by atoms with Gasteiger partial charge in [-0.2, -0.15) is 0 Å². The van der Waals surface area contributed by atoms with Crippen LogP contribution in [0.2, 0.25) is 0 Å². The number of hydrogen-bond donors (Lipinski definition) is 2. The number of amides is 1. The summed E-state index contributed by atoms with van der Waals surface area (Å²) in [5.41, 5.74) is 4.51. The van der Waals surface area contributed by atoms with Gasteiger partial charge in [0.2, 0.25) is 5.91 Å². The number of hydrazine groups is 1. The van der Waals surface area contributed by atoms with Gasteiger partial charge in [-0.25, -0.2) is 5.84 Å². The number of nitrogens with one attached hydrogen (secondary N) is 1. The van der Waals surface area contributed by atoms with Crippen LogP contribution in [0.25, 0.3) is 0 Å². The SMILES string of the molecule is Cc1cccc(OCCCCC(=O)NN)c1C. The highest BCUT2D eigenvalue weighted by Crippen LogP contribution is 2.20. The fourth-order valence-corrected chi connectivity index (χ4v) is 1.52. The first-order valence-corrected chi connectivity index (χ1v) is 5.83. The molecule has 1 aromatic rings. The molecule has 4 nitrogen and oxygen atoms in total. The van der Waals surface area contributed by atoms with Crippen molar-refractivity contribution in [1.29, 1.82) is 0 Å². The van der Waals surface area contributed by atoms with Gasteiger partial charge in [0.25, 0.3) is 0 Å². The monoisotopic (exact) mass is 236 g/mol. The van der Waals surface area contributed by atoms with Gasteiger partial charge in [0, 0.05) is 6.42 Å². The van der Waals surface area contributed by atoms with Crippen LogP contribution in [0, 0.1) is 13.8 Å². The Morgan fingerprint density at radius 2 is 2.12 bits per heavy atom. The summed E-state index contributed by atoms with van der Waals surface area (Å²) >= 11 is 0. The molecule has 0 unspecified atom stereocenters. The molecule has 0 saturated heterocycles. The minimum absolute atomic E-state index is 0.128. The maximum Gasteiger partial charge on any atom is 0.233 e. The van der Waals surface area contributed by atoms with E-state index in [2.05, 4.69) is 18.4 Å². The van der Waals surface area contributed by atoms with Crippen molar-refractivity contribution in [2.24, 2.45) is 5.84 Å². The van der Waals surface area contributed by atoms with E-state index in [-0.39, 0.29) is 5.91 Å². The van der Waals surface area contributed by atoms with E-state index in [1.54, 1.807) is 0 Å². The van der Waals surface area contributed by atoms with Gasteiger partial charge in [-0.1, -0.05) is 12.1 Å². The maximum atomic E-state index is 10.9. The van der Waals surface area contributed by atoms with E-state index >= 15 is 0 Å². The molecule has 0 heterocycles. The Hall–Kier alpha value is -1.55. The summed E-state index contributed by atoms with van der Waals surface area (Å²) in [7, 11) is 0. The number of aryl methyl sites for hydroxylation is 1. The Kier molecular flexibility index (Phi) is 5.49. The molecule has 94 valence electrons. The van der Waals surface area contributed by atoms with Crippen molar-refractivity contribution in [3.63, 3.8) is 0 Å². The molecule has 0 atom stereocenters. The van der Waals surface area contributed by atoms with Gasteiger partial charge in [-0.15, -0.1) is 0 Å². The molecule has 17 heavy (non-hydrogen) atoms. The molecule has 1 amide bonds. The van der Waals surface area contributed by atoms with Crippen LogP contribution < -0.4 is 16.0 Å². The molecule has 0 aliphatic heterocycles. The zero-order valence-electron chi connectivity index (χ0n) is 10.5. The van der Waals surface area contributed by atoms with Crippen molar-refractivity contribution in [2.75, 3.05) is 6.61 Å². The van der Waals surface area contributed by atoms with E-state index in [9.17, 15) is 4.79 Å². The highest BCUT2D eigenvalue weighted by molar-refractivity contribution is 5.75. The minimum Gasteiger partial charge on any atom is -0.493 e. The summed E-state index contributed by atoms with van der Waals surface area (Å²) in [6, 6.07) is 6.02. The lowest BCUT2D eigenvalue weighted by atomic mass is 10.1. The number of ether oxygens (including phenoxy) is 1. The highest BCUT2D eigenvalue weighted by Gasteiger charge is 2.02. The van der Waals surface area contributed by atoms with Crippen LogP contribution in [0.5, 0.6) is 5.75 Å². The second-order valence-corrected chi connectivity index (χ2v) is 4.07. The standard InChI is InChI=1S/C13H20N2O2/c1-10-6-5-7-12(11(10)2)17-9-4-3-8-13(16)15-14/h5-7H,3-4,8-9,14H2,1-2H3,(H,15,16). The maximum absolute atomic E-state index is 10.9. The van der Waals surface area contributed by atoms with E-state index in [0.717, 1.165) is 18.6 Å². The molecule has 0 aliphatic carbocycles. The van der Waals surface area contributed by atoms with Gasteiger partial charge in [-0.05, 0) is 43.9 Å². The first kappa shape index (κ1) is 13.5. The Bertz CT molecular complexity index is 378. The highest BCUT2D eigenvalue weighted by atomic mass is 16.5. The van der Waals surface area contributed by atoms with Gasteiger partial charge >= 0.3 is 0 Å². The fraction of sp³-hybridized carbons (Fsp3) is 0.462. The zero-order valence-corrected chi connectivity index (χ0v) is 10.5. The average molecular weight is 236 g/mol. The van der Waals surface area contributed by atoms with Crippen molar-refractivity contribution in [3.05, 3.63) is 29.3 Å². The van der Waals surface area contributed by atoms with Crippen LogP contribution in [-0.2, 0) is 4.79 Å². The summed E-state index contributed by atoms with van der Waals surface area (Å²) in [6.07, 6.45) is 2.08. The molecule has 1 rings (SSSR count). The molecular formula is C13H20N2O2. The smallest absolute Gasteiger partial charge is 0.233 e. The normalized spacial score (nSPS) is 10.1. The van der Waals surface area contributed by atoms with Gasteiger partial charge in [0.1, 0.15) is 5.75 Å². The van der Waals surface area contributed by atoms with Gasteiger partial charge in [0.05, 0.1) is 6.61 Å². The quantitative estimate of drug-likeness (QED) is 0.343. The lowest BCUT2D eigenvalue weighted by Crippen LogP contribution is -2.29. The first-order chi connectivity index (χ1) is 8.15. The number of benzene rings is 1. The van der Waals surface area contributed by atoms with Crippen LogP contribution >= 0.6 is 0 Å². The zero-order chi connectivity index (χ0) is 12.7. The predicted octanol–water partition coefficient (Wildman–Crippen LogP) is 1.84. The van der Waals surface area contributed by atoms with Crippen molar-refractivity contribution < 1.29 is 9.53 Å². The van der Waals surface area contributed by atoms with E-state index in [1.165, 1.54) is 11.1 Å². The van der Waals surface area contributed by atoms with Crippen LogP contribution in [0.1, 0.15) is 30.4 Å². The molecule has 4 heteroatoms. The summed E-state index contributed by atoms with van der Waals surface area (Å²) in [5, 5.41) is 0. The number of unbranched alkanes of at least 4 members (excludes halogenated alkanes) is 1. The largest absolute Gasteiger partial charge is 0.493 e. The number of carbonyl (C=O) groups is 1. The van der Waals surface area contributed by atoms with Crippen molar-refractivity contribution in [2.45, 2.75) is 33.1 Å². The molecule has 0 aromatic heterocycles. The second kappa shape index (κ2) is 6.91. The van der Waals surface area contributed by atoms with E-state index in [0.29, 0.717) is 13.0 Å². The molecule has 1 aromatic carbocycles. The summed E-state index contributed by atoms with van der Waals surface area (Å²) in [6.45, 7) is 4.74. The molecule has 0 aliphatic rings. The Balaban J connectivity index is 2.27. The van der Waals surface area contributed by atoms with Crippen molar-refractivity contribution in [1.82, 2.24) is 5.43 Å². The third kappa shape index (κ3) is 4.44. The van der Waals surface area contributed by atoms with Crippen LogP contribution in [0.15, 0.2) is 18.2 Å². The third-order valence-electron chi connectivity index (χ3n) is 2.77. The fourth-order valence-electron chi connectivity index (χ4n) is 1.52. The van der Waals surface area contributed by atoms with Crippen LogP contribution in [-0.4, -0.2) is 12.5 Å². The van der Waals surface area contributed by atoms with E-state index < -0.39 is 0 Å². The van der Waals surface area contributed by atoms with Crippen LogP contribution in [0.4, 0.5) is 0 Å². The minimum atomic E-state index is -0.128. The molecule has 3 N–H and O–H groups in total. The number of nitrogens with two attached hydrogens (primary N) is 1. The summed E-state index contributed by atoms with van der Waals surface area (Å²) in [4.78, 5) is 10.9. The average Bonchev–Trinajstić information content (AvgIpc) is 2.33. The van der Waals surface area contributed by atoms with Gasteiger partial charge in [0.15, 0.2) is 0 Å². The molecule has 0 spiro atoms. The predicted molar refractivity (Wildman–Crippen MR) is 67.6 cm³/mol. The topological polar surface area (TPSA) is 64.3 Å². The van der Waals surface area contributed by atoms with Gasteiger partial charge < -0.3 is 4.74 Å². The van der Waals surface area contributed by atoms with Gasteiger partial charge in [-0.3, -0.25) is 10.2 Å². The van der Waals surface area contributed by atoms with E-state index in [4.69, 9.17) is 10.6 Å². The molecule has 0 saturated carbocycles. The summed E-state index contributed by atoms with van der Waals surface area (Å²) in [5.74, 6) is 5.78. The molecule has 0 radical (unpaired) electrons. The number of hydrogen-bond acceptors (Lipinski definition) is 3.